The van der Waals surface area contributed by atoms with Crippen LogP contribution in [0.4, 0.5) is 0 Å². The van der Waals surface area contributed by atoms with Gasteiger partial charge in [0.1, 0.15) is 5.94 Å². The highest BCUT2D eigenvalue weighted by molar-refractivity contribution is 5.73. The highest BCUT2D eigenvalue weighted by Gasteiger charge is 2.18. The quantitative estimate of drug-likeness (QED) is 0.522. The van der Waals surface area contributed by atoms with E-state index in [2.05, 4.69) is 0 Å². The van der Waals surface area contributed by atoms with Gasteiger partial charge in [-0.25, -0.2) is 4.79 Å². The van der Waals surface area contributed by atoms with Gasteiger partial charge in [0.05, 0.1) is 12.5 Å². The molecule has 1 rings (SSSR count). The molecule has 0 N–H and O–H groups in total. The Kier molecular flexibility index (Phi) is 4.07. The maximum Gasteiger partial charge on any atom is 0.307 e. The summed E-state index contributed by atoms with van der Waals surface area (Å²) in [6.45, 7) is 3.59. The van der Waals surface area contributed by atoms with Crippen molar-refractivity contribution in [2.45, 2.75) is 26.4 Å². The van der Waals surface area contributed by atoms with E-state index in [-0.39, 0.29) is 24.4 Å². The zero-order chi connectivity index (χ0) is 11.3. The Morgan fingerprint density at radius 1 is 1.53 bits per heavy atom. The molecule has 0 heterocycles. The van der Waals surface area contributed by atoms with Gasteiger partial charge >= 0.3 is 5.97 Å². The van der Waals surface area contributed by atoms with Crippen LogP contribution in [0.3, 0.4) is 0 Å². The Hall–Kier alpha value is -1.60. The van der Waals surface area contributed by atoms with Crippen LogP contribution < -0.4 is 0 Å². The number of rotatable bonds is 3. The van der Waals surface area contributed by atoms with Crippen molar-refractivity contribution in [3.05, 3.63) is 29.9 Å². The largest absolute Gasteiger partial charge is 0.463 e. The standard InChI is InChI=1S/C12H14O3/c1-9(2)15-12(14)7-10-5-3-4-6-11(10)8-13/h3-6,9-10H,7H2,1-2H3. The lowest BCUT2D eigenvalue weighted by atomic mass is 9.93. The normalized spacial score (nSPS) is 19.1. The highest BCUT2D eigenvalue weighted by atomic mass is 16.5. The Bertz CT molecular complexity index is 344. The second-order valence-electron chi connectivity index (χ2n) is 3.65. The Morgan fingerprint density at radius 2 is 2.27 bits per heavy atom. The third-order valence-electron chi connectivity index (χ3n) is 2.00. The number of allylic oxidation sites excluding steroid dienone is 5. The summed E-state index contributed by atoms with van der Waals surface area (Å²) in [5.74, 6) is 1.35. The van der Waals surface area contributed by atoms with E-state index in [0.717, 1.165) is 0 Å². The average molecular weight is 206 g/mol. The van der Waals surface area contributed by atoms with E-state index in [9.17, 15) is 9.59 Å². The minimum Gasteiger partial charge on any atom is -0.463 e. The molecule has 1 unspecified atom stereocenters. The number of hydrogen-bond acceptors (Lipinski definition) is 3. The molecule has 3 nitrogen and oxygen atoms in total. The lowest BCUT2D eigenvalue weighted by molar-refractivity contribution is -0.147. The fourth-order valence-electron chi connectivity index (χ4n) is 1.36. The molecule has 1 aliphatic rings. The first-order valence-corrected chi connectivity index (χ1v) is 4.93. The van der Waals surface area contributed by atoms with Gasteiger partial charge in [-0.05, 0) is 19.9 Å². The Balaban J connectivity index is 2.58. The van der Waals surface area contributed by atoms with Gasteiger partial charge < -0.3 is 4.74 Å². The molecule has 0 amide bonds. The van der Waals surface area contributed by atoms with Crippen LogP contribution in [0, 0.1) is 5.92 Å². The van der Waals surface area contributed by atoms with Crippen molar-refractivity contribution in [3.63, 3.8) is 0 Å². The van der Waals surface area contributed by atoms with Crippen LogP contribution >= 0.6 is 0 Å². The zero-order valence-electron chi connectivity index (χ0n) is 8.90. The molecule has 0 saturated heterocycles. The summed E-state index contributed by atoms with van der Waals surface area (Å²) in [7, 11) is 0. The molecule has 3 heteroatoms. The maximum atomic E-state index is 11.4. The van der Waals surface area contributed by atoms with E-state index < -0.39 is 0 Å². The van der Waals surface area contributed by atoms with Crippen LogP contribution in [-0.4, -0.2) is 18.0 Å². The van der Waals surface area contributed by atoms with Crippen LogP contribution in [0.25, 0.3) is 0 Å². The molecule has 1 aliphatic carbocycles. The molecule has 0 saturated carbocycles. The molecule has 0 bridgehead atoms. The lowest BCUT2D eigenvalue weighted by Gasteiger charge is -2.14. The average Bonchev–Trinajstić information content (AvgIpc) is 2.17. The van der Waals surface area contributed by atoms with Crippen LogP contribution in [0.15, 0.2) is 29.9 Å². The van der Waals surface area contributed by atoms with Gasteiger partial charge in [0, 0.05) is 11.5 Å². The first kappa shape index (κ1) is 11.5. The Labute approximate surface area is 89.1 Å². The molecule has 0 aromatic heterocycles. The molecule has 0 radical (unpaired) electrons. The number of carbonyl (C=O) groups is 1. The summed E-state index contributed by atoms with van der Waals surface area (Å²) in [6.07, 6.45) is 7.12. The SMILES string of the molecule is CC(C)OC(=O)CC1C=CC=CC1=C=O. The third-order valence-corrected chi connectivity index (χ3v) is 2.00. The van der Waals surface area contributed by atoms with Crippen LogP contribution in [0.5, 0.6) is 0 Å². The molecule has 0 aromatic carbocycles. The van der Waals surface area contributed by atoms with E-state index in [0.29, 0.717) is 5.57 Å². The topological polar surface area (TPSA) is 43.4 Å². The predicted molar refractivity (Wildman–Crippen MR) is 56.8 cm³/mol. The van der Waals surface area contributed by atoms with Crippen molar-refractivity contribution in [3.8, 4) is 0 Å². The summed E-state index contributed by atoms with van der Waals surface area (Å²) >= 11 is 0. The maximum absolute atomic E-state index is 11.4. The first-order chi connectivity index (χ1) is 7.13. The monoisotopic (exact) mass is 206 g/mol. The van der Waals surface area contributed by atoms with E-state index in [4.69, 9.17) is 4.74 Å². The molecular weight excluding hydrogens is 192 g/mol. The van der Waals surface area contributed by atoms with Crippen molar-refractivity contribution in [2.75, 3.05) is 0 Å². The molecule has 0 fully saturated rings. The third kappa shape index (κ3) is 3.56. The smallest absolute Gasteiger partial charge is 0.307 e. The van der Waals surface area contributed by atoms with E-state index in [1.807, 2.05) is 18.1 Å². The second-order valence-corrected chi connectivity index (χ2v) is 3.65. The number of ether oxygens (including phenoxy) is 1. The summed E-state index contributed by atoms with van der Waals surface area (Å²) in [5, 5.41) is 0. The molecule has 80 valence electrons. The van der Waals surface area contributed by atoms with Crippen molar-refractivity contribution < 1.29 is 14.3 Å². The van der Waals surface area contributed by atoms with Gasteiger partial charge in [-0.3, -0.25) is 4.79 Å². The van der Waals surface area contributed by atoms with Gasteiger partial charge in [-0.1, -0.05) is 18.2 Å². The minimum atomic E-state index is -0.289. The van der Waals surface area contributed by atoms with E-state index >= 15 is 0 Å². The summed E-state index contributed by atoms with van der Waals surface area (Å²) in [5.41, 5.74) is 0.498. The summed E-state index contributed by atoms with van der Waals surface area (Å²) < 4.78 is 5.01. The van der Waals surface area contributed by atoms with Crippen molar-refractivity contribution in [1.82, 2.24) is 0 Å². The van der Waals surface area contributed by atoms with Crippen molar-refractivity contribution >= 4 is 11.9 Å². The second kappa shape index (κ2) is 5.32. The predicted octanol–water partition coefficient (Wildman–Crippen LogP) is 1.83. The van der Waals surface area contributed by atoms with Crippen LogP contribution in [-0.2, 0) is 14.3 Å². The minimum absolute atomic E-state index is 0.121. The fourth-order valence-corrected chi connectivity index (χ4v) is 1.36. The van der Waals surface area contributed by atoms with Gasteiger partial charge in [0.25, 0.3) is 0 Å². The number of hydrogen-bond donors (Lipinski definition) is 0. The molecule has 0 aromatic rings. The molecular formula is C12H14O3. The van der Waals surface area contributed by atoms with E-state index in [1.165, 1.54) is 0 Å². The van der Waals surface area contributed by atoms with Crippen molar-refractivity contribution in [1.29, 1.82) is 0 Å². The Morgan fingerprint density at radius 3 is 2.87 bits per heavy atom. The summed E-state index contributed by atoms with van der Waals surface area (Å²) in [6, 6.07) is 0. The van der Waals surface area contributed by atoms with E-state index in [1.54, 1.807) is 26.0 Å². The summed E-state index contributed by atoms with van der Waals surface area (Å²) in [4.78, 5) is 21.9. The zero-order valence-corrected chi connectivity index (χ0v) is 8.90. The van der Waals surface area contributed by atoms with Gasteiger partial charge in [-0.15, -0.1) is 0 Å². The van der Waals surface area contributed by atoms with Crippen LogP contribution in [0.2, 0.25) is 0 Å². The lowest BCUT2D eigenvalue weighted by Crippen LogP contribution is -2.16. The molecule has 0 spiro atoms. The van der Waals surface area contributed by atoms with Crippen molar-refractivity contribution in [2.24, 2.45) is 5.92 Å². The first-order valence-electron chi connectivity index (χ1n) is 4.93. The van der Waals surface area contributed by atoms with Gasteiger partial charge in [0.15, 0.2) is 0 Å². The number of carbonyl (C=O) groups excluding carboxylic acids is 2. The molecule has 15 heavy (non-hydrogen) atoms. The highest BCUT2D eigenvalue weighted by Crippen LogP contribution is 2.20. The van der Waals surface area contributed by atoms with Gasteiger partial charge in [0.2, 0.25) is 0 Å². The molecule has 0 aliphatic heterocycles. The fraction of sp³-hybridized carbons (Fsp3) is 0.417. The van der Waals surface area contributed by atoms with Crippen LogP contribution in [0.1, 0.15) is 20.3 Å². The van der Waals surface area contributed by atoms with Gasteiger partial charge in [-0.2, -0.15) is 0 Å². The number of esters is 1. The molecule has 1 atom stereocenters.